The van der Waals surface area contributed by atoms with Gasteiger partial charge in [0.05, 0.1) is 23.8 Å². The molecule has 3 aromatic rings. The predicted octanol–water partition coefficient (Wildman–Crippen LogP) is 4.27. The number of aromatic nitrogens is 3. The first-order valence-electron chi connectivity index (χ1n) is 11.0. The SMILES string of the molecule is CCOc1ccc(S(=O)(=O)Nc2ccccc2-c2nnc3n2CCCCC3)cc1OCC. The van der Waals surface area contributed by atoms with Gasteiger partial charge in [0.1, 0.15) is 5.82 Å². The van der Waals surface area contributed by atoms with Gasteiger partial charge in [0.25, 0.3) is 10.0 Å². The second kappa shape index (κ2) is 9.60. The van der Waals surface area contributed by atoms with E-state index >= 15 is 0 Å². The van der Waals surface area contributed by atoms with E-state index in [0.717, 1.165) is 38.1 Å². The van der Waals surface area contributed by atoms with Crippen molar-refractivity contribution >= 4 is 15.7 Å². The molecule has 0 atom stereocenters. The Morgan fingerprint density at radius 2 is 1.75 bits per heavy atom. The average Bonchev–Trinajstić information content (AvgIpc) is 3.03. The fourth-order valence-electron chi connectivity index (χ4n) is 3.85. The average molecular weight is 457 g/mol. The molecule has 4 rings (SSSR count). The quantitative estimate of drug-likeness (QED) is 0.544. The molecule has 170 valence electrons. The topological polar surface area (TPSA) is 95.3 Å². The molecule has 2 heterocycles. The van der Waals surface area contributed by atoms with Crippen molar-refractivity contribution in [3.63, 3.8) is 0 Å². The first-order chi connectivity index (χ1) is 15.5. The normalized spacial score (nSPS) is 13.8. The maximum absolute atomic E-state index is 13.2. The maximum Gasteiger partial charge on any atom is 0.262 e. The molecule has 0 bridgehead atoms. The molecule has 0 fully saturated rings. The fourth-order valence-corrected chi connectivity index (χ4v) is 4.95. The summed E-state index contributed by atoms with van der Waals surface area (Å²) in [6.07, 6.45) is 4.18. The van der Waals surface area contributed by atoms with Gasteiger partial charge in [0.2, 0.25) is 0 Å². The number of nitrogens with one attached hydrogen (secondary N) is 1. The molecule has 1 aliphatic rings. The minimum Gasteiger partial charge on any atom is -0.490 e. The highest BCUT2D eigenvalue weighted by Crippen LogP contribution is 2.33. The Balaban J connectivity index is 1.68. The van der Waals surface area contributed by atoms with Gasteiger partial charge >= 0.3 is 0 Å². The number of para-hydroxylation sites is 1. The number of hydrogen-bond acceptors (Lipinski definition) is 6. The Morgan fingerprint density at radius 3 is 2.56 bits per heavy atom. The van der Waals surface area contributed by atoms with Crippen LogP contribution in [0, 0.1) is 0 Å². The van der Waals surface area contributed by atoms with Crippen molar-refractivity contribution in [2.24, 2.45) is 0 Å². The van der Waals surface area contributed by atoms with Crippen LogP contribution in [0.3, 0.4) is 0 Å². The van der Waals surface area contributed by atoms with E-state index in [9.17, 15) is 8.42 Å². The molecule has 0 aliphatic carbocycles. The molecule has 0 amide bonds. The summed E-state index contributed by atoms with van der Waals surface area (Å²) in [5.74, 6) is 2.54. The summed E-state index contributed by atoms with van der Waals surface area (Å²) in [6.45, 7) is 5.39. The van der Waals surface area contributed by atoms with Crippen LogP contribution in [0.4, 0.5) is 5.69 Å². The minimum atomic E-state index is -3.87. The van der Waals surface area contributed by atoms with Gasteiger partial charge in [0.15, 0.2) is 17.3 Å². The van der Waals surface area contributed by atoms with E-state index in [-0.39, 0.29) is 4.90 Å². The molecule has 9 heteroatoms. The predicted molar refractivity (Wildman–Crippen MR) is 123 cm³/mol. The number of nitrogens with zero attached hydrogens (tertiary/aromatic N) is 3. The van der Waals surface area contributed by atoms with Gasteiger partial charge in [-0.05, 0) is 51.0 Å². The summed E-state index contributed by atoms with van der Waals surface area (Å²) >= 11 is 0. The van der Waals surface area contributed by atoms with Crippen LogP contribution in [0.25, 0.3) is 11.4 Å². The van der Waals surface area contributed by atoms with Gasteiger partial charge < -0.3 is 14.0 Å². The van der Waals surface area contributed by atoms with Crippen molar-refractivity contribution in [3.05, 3.63) is 48.3 Å². The molecular weight excluding hydrogens is 428 g/mol. The summed E-state index contributed by atoms with van der Waals surface area (Å²) in [7, 11) is -3.87. The van der Waals surface area contributed by atoms with Crippen molar-refractivity contribution < 1.29 is 17.9 Å². The largest absolute Gasteiger partial charge is 0.490 e. The van der Waals surface area contributed by atoms with Crippen molar-refractivity contribution in [1.82, 2.24) is 14.8 Å². The number of sulfonamides is 1. The fraction of sp³-hybridized carbons (Fsp3) is 0.391. The standard InChI is InChI=1S/C23H28N4O4S/c1-3-30-20-14-13-17(16-21(20)31-4-2)32(28,29)26-19-11-8-7-10-18(19)23-25-24-22-12-6-5-9-15-27(22)23/h7-8,10-11,13-14,16,26H,3-6,9,12,15H2,1-2H3. The first kappa shape index (κ1) is 22.1. The number of aryl methyl sites for hydroxylation is 1. The van der Waals surface area contributed by atoms with Gasteiger partial charge in [-0.3, -0.25) is 4.72 Å². The summed E-state index contributed by atoms with van der Waals surface area (Å²) in [5, 5.41) is 8.74. The molecule has 1 N–H and O–H groups in total. The Morgan fingerprint density at radius 1 is 0.969 bits per heavy atom. The van der Waals surface area contributed by atoms with Gasteiger partial charge in [-0.2, -0.15) is 0 Å². The minimum absolute atomic E-state index is 0.0966. The van der Waals surface area contributed by atoms with E-state index in [1.807, 2.05) is 26.0 Å². The van der Waals surface area contributed by atoms with Crippen LogP contribution >= 0.6 is 0 Å². The lowest BCUT2D eigenvalue weighted by molar-refractivity contribution is 0.287. The smallest absolute Gasteiger partial charge is 0.262 e. The Kier molecular flexibility index (Phi) is 6.64. The van der Waals surface area contributed by atoms with Crippen molar-refractivity contribution in [2.75, 3.05) is 17.9 Å². The summed E-state index contributed by atoms with van der Waals surface area (Å²) in [5.41, 5.74) is 1.16. The zero-order chi connectivity index (χ0) is 22.6. The number of fused-ring (bicyclic) bond motifs is 1. The number of rotatable bonds is 8. The van der Waals surface area contributed by atoms with Gasteiger partial charge in [-0.15, -0.1) is 10.2 Å². The number of hydrogen-bond donors (Lipinski definition) is 1. The molecule has 2 aromatic carbocycles. The van der Waals surface area contributed by atoms with Crippen LogP contribution in [-0.4, -0.2) is 36.4 Å². The molecule has 0 saturated carbocycles. The molecule has 0 saturated heterocycles. The van der Waals surface area contributed by atoms with Crippen molar-refractivity contribution in [2.45, 2.75) is 51.0 Å². The highest BCUT2D eigenvalue weighted by Gasteiger charge is 2.22. The van der Waals surface area contributed by atoms with E-state index in [0.29, 0.717) is 41.8 Å². The molecule has 1 aliphatic heterocycles. The molecule has 8 nitrogen and oxygen atoms in total. The lowest BCUT2D eigenvalue weighted by atomic mass is 10.1. The van der Waals surface area contributed by atoms with Gasteiger partial charge in [-0.25, -0.2) is 8.42 Å². The molecule has 32 heavy (non-hydrogen) atoms. The number of ether oxygens (including phenoxy) is 2. The van der Waals surface area contributed by atoms with Gasteiger partial charge in [-0.1, -0.05) is 18.6 Å². The third kappa shape index (κ3) is 4.57. The van der Waals surface area contributed by atoms with Crippen LogP contribution < -0.4 is 14.2 Å². The third-order valence-electron chi connectivity index (χ3n) is 5.35. The summed E-state index contributed by atoms with van der Waals surface area (Å²) < 4.78 is 42.5. The molecule has 0 radical (unpaired) electrons. The van der Waals surface area contributed by atoms with Gasteiger partial charge in [0, 0.05) is 24.6 Å². The lowest BCUT2D eigenvalue weighted by Gasteiger charge is -2.15. The lowest BCUT2D eigenvalue weighted by Crippen LogP contribution is -2.14. The zero-order valence-corrected chi connectivity index (χ0v) is 19.2. The van der Waals surface area contributed by atoms with E-state index in [1.54, 1.807) is 18.2 Å². The maximum atomic E-state index is 13.2. The van der Waals surface area contributed by atoms with E-state index in [2.05, 4.69) is 19.5 Å². The number of benzene rings is 2. The molecule has 0 spiro atoms. The van der Waals surface area contributed by atoms with E-state index in [4.69, 9.17) is 9.47 Å². The molecular formula is C23H28N4O4S. The van der Waals surface area contributed by atoms with Crippen LogP contribution in [-0.2, 0) is 23.0 Å². The summed E-state index contributed by atoms with van der Waals surface area (Å²) in [4.78, 5) is 0.0966. The summed E-state index contributed by atoms with van der Waals surface area (Å²) in [6, 6.07) is 11.9. The van der Waals surface area contributed by atoms with E-state index in [1.165, 1.54) is 12.1 Å². The first-order valence-corrected chi connectivity index (χ1v) is 12.5. The van der Waals surface area contributed by atoms with Crippen molar-refractivity contribution in [3.8, 4) is 22.9 Å². The number of anilines is 1. The van der Waals surface area contributed by atoms with Crippen LogP contribution in [0.2, 0.25) is 0 Å². The monoisotopic (exact) mass is 456 g/mol. The highest BCUT2D eigenvalue weighted by molar-refractivity contribution is 7.92. The second-order valence-corrected chi connectivity index (χ2v) is 9.21. The van der Waals surface area contributed by atoms with Crippen LogP contribution in [0.5, 0.6) is 11.5 Å². The van der Waals surface area contributed by atoms with E-state index < -0.39 is 10.0 Å². The Bertz CT molecular complexity index is 1190. The molecule has 1 aromatic heterocycles. The second-order valence-electron chi connectivity index (χ2n) is 7.53. The Hall–Kier alpha value is -3.07. The third-order valence-corrected chi connectivity index (χ3v) is 6.71. The van der Waals surface area contributed by atoms with Crippen LogP contribution in [0.15, 0.2) is 47.4 Å². The Labute approximate surface area is 188 Å². The molecule has 0 unspecified atom stereocenters. The van der Waals surface area contributed by atoms with Crippen LogP contribution in [0.1, 0.15) is 38.9 Å². The zero-order valence-electron chi connectivity index (χ0n) is 18.4. The highest BCUT2D eigenvalue weighted by atomic mass is 32.2. The van der Waals surface area contributed by atoms with Crippen molar-refractivity contribution in [1.29, 1.82) is 0 Å².